The Morgan fingerprint density at radius 2 is 2.43 bits per heavy atom. The van der Waals surface area contributed by atoms with Crippen LogP contribution in [0.15, 0.2) is 6.20 Å². The van der Waals surface area contributed by atoms with Gasteiger partial charge in [0.2, 0.25) is 0 Å². The first-order chi connectivity index (χ1) is 6.65. The lowest BCUT2D eigenvalue weighted by atomic mass is 10.2. The molecule has 0 aliphatic heterocycles. The van der Waals surface area contributed by atoms with Crippen molar-refractivity contribution in [2.45, 2.75) is 6.92 Å². The Hall–Kier alpha value is -1.36. The van der Waals surface area contributed by atoms with Crippen LogP contribution in [-0.4, -0.2) is 35.9 Å². The highest BCUT2D eigenvalue weighted by Crippen LogP contribution is 2.03. The molecule has 0 saturated carbocycles. The molecule has 14 heavy (non-hydrogen) atoms. The molecule has 0 saturated heterocycles. The molecule has 0 aromatic carbocycles. The van der Waals surface area contributed by atoms with Gasteiger partial charge in [0.25, 0.3) is 5.91 Å². The third kappa shape index (κ3) is 2.56. The highest BCUT2D eigenvalue weighted by Gasteiger charge is 2.11. The van der Waals surface area contributed by atoms with Gasteiger partial charge in [0.15, 0.2) is 5.69 Å². The molecule has 1 aromatic heterocycles. The molecule has 1 aromatic rings. The molecule has 1 amide bonds. The molecule has 0 aliphatic carbocycles. The van der Waals surface area contributed by atoms with Crippen molar-refractivity contribution in [1.82, 2.24) is 15.1 Å². The number of carbonyl (C=O) groups is 1. The van der Waals surface area contributed by atoms with Gasteiger partial charge in [-0.3, -0.25) is 9.48 Å². The van der Waals surface area contributed by atoms with E-state index in [0.717, 1.165) is 5.56 Å². The lowest BCUT2D eigenvalue weighted by Gasteiger charge is -2.01. The van der Waals surface area contributed by atoms with Gasteiger partial charge in [0.1, 0.15) is 0 Å². The minimum atomic E-state index is -0.153. The van der Waals surface area contributed by atoms with Gasteiger partial charge >= 0.3 is 0 Å². The molecular formula is C9H15N3O2. The number of carbonyl (C=O) groups excluding carboxylic acids is 1. The summed E-state index contributed by atoms with van der Waals surface area (Å²) in [6, 6.07) is 0. The van der Waals surface area contributed by atoms with Crippen molar-refractivity contribution in [3.63, 3.8) is 0 Å². The van der Waals surface area contributed by atoms with Gasteiger partial charge in [-0.05, 0) is 6.92 Å². The Labute approximate surface area is 83.1 Å². The standard InChI is InChI=1S/C9H15N3O2/c1-7-6-12(2)11-8(7)9(13)10-4-5-14-3/h6H,4-5H2,1-3H3,(H,10,13). The number of aryl methyl sites for hydroxylation is 2. The zero-order valence-electron chi connectivity index (χ0n) is 8.70. The lowest BCUT2D eigenvalue weighted by molar-refractivity contribution is 0.0931. The number of hydrogen-bond acceptors (Lipinski definition) is 3. The van der Waals surface area contributed by atoms with E-state index in [1.165, 1.54) is 0 Å². The quantitative estimate of drug-likeness (QED) is 0.697. The number of hydrogen-bond donors (Lipinski definition) is 1. The summed E-state index contributed by atoms with van der Waals surface area (Å²) in [5, 5.41) is 6.77. The highest BCUT2D eigenvalue weighted by molar-refractivity contribution is 5.93. The summed E-state index contributed by atoms with van der Waals surface area (Å²) in [6.45, 7) is 2.88. The number of methoxy groups -OCH3 is 1. The Morgan fingerprint density at radius 1 is 1.71 bits per heavy atom. The monoisotopic (exact) mass is 197 g/mol. The van der Waals surface area contributed by atoms with E-state index >= 15 is 0 Å². The van der Waals surface area contributed by atoms with Gasteiger partial charge in [-0.1, -0.05) is 0 Å². The molecule has 0 atom stereocenters. The molecule has 0 unspecified atom stereocenters. The second-order valence-electron chi connectivity index (χ2n) is 3.08. The SMILES string of the molecule is COCCNC(=O)c1nn(C)cc1C. The number of nitrogens with one attached hydrogen (secondary N) is 1. The predicted octanol–water partition coefficient (Wildman–Crippen LogP) is 0.105. The maximum atomic E-state index is 11.5. The van der Waals surface area contributed by atoms with Crippen LogP contribution < -0.4 is 5.32 Å². The Morgan fingerprint density at radius 3 is 2.93 bits per heavy atom. The first kappa shape index (κ1) is 10.7. The predicted molar refractivity (Wildman–Crippen MR) is 52.2 cm³/mol. The molecular weight excluding hydrogens is 182 g/mol. The van der Waals surface area contributed by atoms with Crippen LogP contribution in [-0.2, 0) is 11.8 Å². The number of ether oxygens (including phenoxy) is 1. The van der Waals surface area contributed by atoms with Crippen LogP contribution in [0.4, 0.5) is 0 Å². The zero-order chi connectivity index (χ0) is 10.6. The molecule has 1 heterocycles. The summed E-state index contributed by atoms with van der Waals surface area (Å²) < 4.78 is 6.45. The van der Waals surface area contributed by atoms with E-state index < -0.39 is 0 Å². The Kier molecular flexibility index (Phi) is 3.64. The normalized spacial score (nSPS) is 10.2. The molecule has 0 spiro atoms. The Bertz CT molecular complexity index is 320. The minimum absolute atomic E-state index is 0.153. The van der Waals surface area contributed by atoms with Crippen LogP contribution in [0.5, 0.6) is 0 Å². The fourth-order valence-electron chi connectivity index (χ4n) is 1.18. The second kappa shape index (κ2) is 4.76. The van der Waals surface area contributed by atoms with Crippen molar-refractivity contribution in [2.75, 3.05) is 20.3 Å². The first-order valence-corrected chi connectivity index (χ1v) is 4.42. The Balaban J connectivity index is 2.56. The third-order valence-electron chi connectivity index (χ3n) is 1.82. The average molecular weight is 197 g/mol. The van der Waals surface area contributed by atoms with Gasteiger partial charge in [-0.2, -0.15) is 5.10 Å². The molecule has 1 N–H and O–H groups in total. The summed E-state index contributed by atoms with van der Waals surface area (Å²) in [6.07, 6.45) is 1.81. The van der Waals surface area contributed by atoms with Crippen molar-refractivity contribution < 1.29 is 9.53 Å². The summed E-state index contributed by atoms with van der Waals surface area (Å²) in [5.74, 6) is -0.153. The number of rotatable bonds is 4. The fourth-order valence-corrected chi connectivity index (χ4v) is 1.18. The van der Waals surface area contributed by atoms with E-state index in [-0.39, 0.29) is 5.91 Å². The number of aromatic nitrogens is 2. The number of amides is 1. The molecule has 78 valence electrons. The number of nitrogens with zero attached hydrogens (tertiary/aromatic N) is 2. The van der Waals surface area contributed by atoms with E-state index in [1.807, 2.05) is 13.1 Å². The van der Waals surface area contributed by atoms with Gasteiger partial charge < -0.3 is 10.1 Å². The maximum Gasteiger partial charge on any atom is 0.272 e. The van der Waals surface area contributed by atoms with Crippen molar-refractivity contribution in [3.05, 3.63) is 17.5 Å². The minimum Gasteiger partial charge on any atom is -0.383 e. The van der Waals surface area contributed by atoms with Gasteiger partial charge in [0.05, 0.1) is 6.61 Å². The van der Waals surface area contributed by atoms with Crippen LogP contribution in [0.3, 0.4) is 0 Å². The van der Waals surface area contributed by atoms with Gasteiger partial charge in [-0.25, -0.2) is 0 Å². The molecule has 0 radical (unpaired) electrons. The summed E-state index contributed by atoms with van der Waals surface area (Å²) in [7, 11) is 3.39. The largest absolute Gasteiger partial charge is 0.383 e. The average Bonchev–Trinajstić information content (AvgIpc) is 2.45. The maximum absolute atomic E-state index is 11.5. The topological polar surface area (TPSA) is 56.1 Å². The van der Waals surface area contributed by atoms with E-state index in [1.54, 1.807) is 18.8 Å². The van der Waals surface area contributed by atoms with Crippen molar-refractivity contribution in [2.24, 2.45) is 7.05 Å². The van der Waals surface area contributed by atoms with Crippen molar-refractivity contribution in [3.8, 4) is 0 Å². The van der Waals surface area contributed by atoms with Crippen LogP contribution in [0.25, 0.3) is 0 Å². The molecule has 1 rings (SSSR count). The van der Waals surface area contributed by atoms with E-state index in [2.05, 4.69) is 10.4 Å². The highest BCUT2D eigenvalue weighted by atomic mass is 16.5. The molecule has 5 nitrogen and oxygen atoms in total. The fraction of sp³-hybridized carbons (Fsp3) is 0.556. The smallest absolute Gasteiger partial charge is 0.272 e. The van der Waals surface area contributed by atoms with E-state index in [9.17, 15) is 4.79 Å². The van der Waals surface area contributed by atoms with E-state index in [0.29, 0.717) is 18.8 Å². The van der Waals surface area contributed by atoms with Gasteiger partial charge in [0, 0.05) is 32.5 Å². The van der Waals surface area contributed by atoms with Crippen LogP contribution in [0, 0.1) is 6.92 Å². The molecule has 0 fully saturated rings. The van der Waals surface area contributed by atoms with Crippen LogP contribution >= 0.6 is 0 Å². The molecule has 0 aliphatic rings. The summed E-state index contributed by atoms with van der Waals surface area (Å²) in [4.78, 5) is 11.5. The lowest BCUT2D eigenvalue weighted by Crippen LogP contribution is -2.27. The third-order valence-corrected chi connectivity index (χ3v) is 1.82. The van der Waals surface area contributed by atoms with Crippen molar-refractivity contribution in [1.29, 1.82) is 0 Å². The summed E-state index contributed by atoms with van der Waals surface area (Å²) in [5.41, 5.74) is 1.35. The van der Waals surface area contributed by atoms with E-state index in [4.69, 9.17) is 4.74 Å². The van der Waals surface area contributed by atoms with Gasteiger partial charge in [-0.15, -0.1) is 0 Å². The zero-order valence-corrected chi connectivity index (χ0v) is 8.70. The van der Waals surface area contributed by atoms with Crippen LogP contribution in [0.1, 0.15) is 16.1 Å². The first-order valence-electron chi connectivity index (χ1n) is 4.42. The summed E-state index contributed by atoms with van der Waals surface area (Å²) >= 11 is 0. The van der Waals surface area contributed by atoms with Crippen LogP contribution in [0.2, 0.25) is 0 Å². The van der Waals surface area contributed by atoms with Crippen molar-refractivity contribution >= 4 is 5.91 Å². The molecule has 0 bridgehead atoms. The second-order valence-corrected chi connectivity index (χ2v) is 3.08. The molecule has 5 heteroatoms.